The first-order chi connectivity index (χ1) is 13.7. The predicted molar refractivity (Wildman–Crippen MR) is 107 cm³/mol. The molecule has 1 aliphatic rings. The van der Waals surface area contributed by atoms with Gasteiger partial charge < -0.3 is 14.6 Å². The van der Waals surface area contributed by atoms with E-state index in [0.717, 1.165) is 23.5 Å². The van der Waals surface area contributed by atoms with Gasteiger partial charge in [-0.2, -0.15) is 0 Å². The normalized spacial score (nSPS) is 15.0. The van der Waals surface area contributed by atoms with Crippen molar-refractivity contribution in [2.45, 2.75) is 25.3 Å². The summed E-state index contributed by atoms with van der Waals surface area (Å²) in [6.07, 6.45) is 3.26. The molecule has 0 spiro atoms. The third kappa shape index (κ3) is 4.31. The molecule has 0 aliphatic carbocycles. The Morgan fingerprint density at radius 1 is 1.25 bits per heavy atom. The summed E-state index contributed by atoms with van der Waals surface area (Å²) in [5.74, 6) is 0.737. The highest BCUT2D eigenvalue weighted by Crippen LogP contribution is 2.24. The number of carbonyl (C=O) groups is 2. The van der Waals surface area contributed by atoms with Crippen LogP contribution >= 0.6 is 11.3 Å². The second-order valence-corrected chi connectivity index (χ2v) is 7.63. The summed E-state index contributed by atoms with van der Waals surface area (Å²) in [5.41, 5.74) is 1.70. The first-order valence-corrected chi connectivity index (χ1v) is 10.2. The van der Waals surface area contributed by atoms with Crippen molar-refractivity contribution in [2.75, 3.05) is 13.1 Å². The first-order valence-electron chi connectivity index (χ1n) is 9.29. The highest BCUT2D eigenvalue weighted by atomic mass is 32.1. The number of hydrogen-bond acceptors (Lipinski definition) is 5. The second kappa shape index (κ2) is 8.39. The summed E-state index contributed by atoms with van der Waals surface area (Å²) in [6.45, 7) is 1.24. The molecule has 28 heavy (non-hydrogen) atoms. The van der Waals surface area contributed by atoms with Crippen molar-refractivity contribution in [3.8, 4) is 10.8 Å². The molecule has 0 unspecified atom stereocenters. The fraction of sp³-hybridized carbons (Fsp3) is 0.286. The summed E-state index contributed by atoms with van der Waals surface area (Å²) in [6, 6.07) is 13.2. The molecule has 0 radical (unpaired) electrons. The number of thiazole rings is 1. The first kappa shape index (κ1) is 18.4. The lowest BCUT2D eigenvalue weighted by molar-refractivity contribution is -0.129. The Morgan fingerprint density at radius 2 is 2.11 bits per heavy atom. The lowest BCUT2D eigenvalue weighted by Crippen LogP contribution is -2.39. The van der Waals surface area contributed by atoms with Gasteiger partial charge in [-0.15, -0.1) is 11.3 Å². The Morgan fingerprint density at radius 3 is 2.82 bits per heavy atom. The van der Waals surface area contributed by atoms with Crippen molar-refractivity contribution in [3.63, 3.8) is 0 Å². The summed E-state index contributed by atoms with van der Waals surface area (Å²) in [4.78, 5) is 31.0. The zero-order valence-corrected chi connectivity index (χ0v) is 16.2. The molecule has 1 aromatic carbocycles. The molecular weight excluding hydrogens is 374 g/mol. The van der Waals surface area contributed by atoms with Gasteiger partial charge in [-0.05, 0) is 24.1 Å². The summed E-state index contributed by atoms with van der Waals surface area (Å²) >= 11 is 1.45. The number of benzene rings is 1. The van der Waals surface area contributed by atoms with Gasteiger partial charge >= 0.3 is 0 Å². The molecule has 1 N–H and O–H groups in total. The largest absolute Gasteiger partial charge is 0.462 e. The van der Waals surface area contributed by atoms with Crippen molar-refractivity contribution in [1.82, 2.24) is 15.2 Å². The molecule has 0 bridgehead atoms. The van der Waals surface area contributed by atoms with Gasteiger partial charge in [0, 0.05) is 24.9 Å². The van der Waals surface area contributed by atoms with Crippen LogP contribution in [0.1, 0.15) is 30.1 Å². The van der Waals surface area contributed by atoms with Gasteiger partial charge in [0.2, 0.25) is 11.8 Å². The van der Waals surface area contributed by atoms with E-state index in [2.05, 4.69) is 10.3 Å². The smallest absolute Gasteiger partial charge is 0.226 e. The minimum Gasteiger partial charge on any atom is -0.462 e. The van der Waals surface area contributed by atoms with E-state index in [-0.39, 0.29) is 24.3 Å². The van der Waals surface area contributed by atoms with E-state index in [1.54, 1.807) is 6.26 Å². The molecule has 1 saturated heterocycles. The van der Waals surface area contributed by atoms with Gasteiger partial charge in [0.15, 0.2) is 10.8 Å². The van der Waals surface area contributed by atoms with E-state index < -0.39 is 0 Å². The summed E-state index contributed by atoms with van der Waals surface area (Å²) in [7, 11) is 0. The Balaban J connectivity index is 1.44. The zero-order valence-electron chi connectivity index (χ0n) is 15.3. The zero-order chi connectivity index (χ0) is 19.3. The van der Waals surface area contributed by atoms with Crippen molar-refractivity contribution < 1.29 is 14.0 Å². The molecule has 0 saturated carbocycles. The van der Waals surface area contributed by atoms with Crippen LogP contribution in [0, 0.1) is 0 Å². The van der Waals surface area contributed by atoms with Crippen LogP contribution in [0.3, 0.4) is 0 Å². The lowest BCUT2D eigenvalue weighted by atomic mass is 10.1. The highest BCUT2D eigenvalue weighted by molar-refractivity contribution is 7.13. The number of nitrogens with zero attached hydrogens (tertiary/aromatic N) is 2. The van der Waals surface area contributed by atoms with Crippen LogP contribution in [0.5, 0.6) is 0 Å². The molecule has 2 amide bonds. The van der Waals surface area contributed by atoms with Crippen molar-refractivity contribution in [3.05, 3.63) is 65.4 Å². The quantitative estimate of drug-likeness (QED) is 0.665. The van der Waals surface area contributed by atoms with Crippen molar-refractivity contribution >= 4 is 23.2 Å². The SMILES string of the molecule is O=C(Cc1csc(-c2ccco2)n1)N[C@@H](CN1CCCC1=O)c1ccccc1. The number of aromatic nitrogens is 1. The predicted octanol–water partition coefficient (Wildman–Crippen LogP) is 3.43. The monoisotopic (exact) mass is 395 g/mol. The van der Waals surface area contributed by atoms with E-state index in [1.807, 2.05) is 52.7 Å². The molecule has 1 atom stereocenters. The lowest BCUT2D eigenvalue weighted by Gasteiger charge is -2.25. The van der Waals surface area contributed by atoms with Crippen LogP contribution in [0.25, 0.3) is 10.8 Å². The number of carbonyl (C=O) groups excluding carboxylic acids is 2. The Bertz CT molecular complexity index is 937. The van der Waals surface area contributed by atoms with Crippen LogP contribution in [-0.4, -0.2) is 34.8 Å². The van der Waals surface area contributed by atoms with E-state index in [0.29, 0.717) is 24.4 Å². The molecule has 7 heteroatoms. The maximum absolute atomic E-state index is 12.7. The molecule has 2 aromatic heterocycles. The van der Waals surface area contributed by atoms with Gasteiger partial charge in [-0.3, -0.25) is 9.59 Å². The van der Waals surface area contributed by atoms with E-state index >= 15 is 0 Å². The molecule has 3 aromatic rings. The van der Waals surface area contributed by atoms with Crippen LogP contribution in [0.15, 0.2) is 58.5 Å². The maximum Gasteiger partial charge on any atom is 0.226 e. The summed E-state index contributed by atoms with van der Waals surface area (Å²) in [5, 5.41) is 5.71. The van der Waals surface area contributed by atoms with E-state index in [9.17, 15) is 9.59 Å². The summed E-state index contributed by atoms with van der Waals surface area (Å²) < 4.78 is 5.35. The molecular formula is C21H21N3O3S. The van der Waals surface area contributed by atoms with Gasteiger partial charge in [0.05, 0.1) is 24.4 Å². The molecule has 144 valence electrons. The fourth-order valence-corrected chi connectivity index (χ4v) is 4.13. The van der Waals surface area contributed by atoms with Crippen LogP contribution in [0.4, 0.5) is 0 Å². The molecule has 4 rings (SSSR count). The Labute approximate surface area is 167 Å². The van der Waals surface area contributed by atoms with Gasteiger partial charge in [-0.25, -0.2) is 4.98 Å². The fourth-order valence-electron chi connectivity index (χ4n) is 3.35. The van der Waals surface area contributed by atoms with Crippen molar-refractivity contribution in [1.29, 1.82) is 0 Å². The van der Waals surface area contributed by atoms with Crippen LogP contribution in [0.2, 0.25) is 0 Å². The van der Waals surface area contributed by atoms with Gasteiger partial charge in [0.25, 0.3) is 0 Å². The molecule has 6 nitrogen and oxygen atoms in total. The Hall–Kier alpha value is -2.93. The maximum atomic E-state index is 12.7. The van der Waals surface area contributed by atoms with E-state index in [1.165, 1.54) is 11.3 Å². The van der Waals surface area contributed by atoms with Crippen LogP contribution < -0.4 is 5.32 Å². The van der Waals surface area contributed by atoms with E-state index in [4.69, 9.17) is 4.42 Å². The van der Waals surface area contributed by atoms with Crippen molar-refractivity contribution in [2.24, 2.45) is 0 Å². The molecule has 1 aliphatic heterocycles. The minimum absolute atomic E-state index is 0.114. The second-order valence-electron chi connectivity index (χ2n) is 6.77. The Kier molecular flexibility index (Phi) is 5.53. The third-order valence-corrected chi connectivity index (χ3v) is 5.64. The highest BCUT2D eigenvalue weighted by Gasteiger charge is 2.25. The number of likely N-dealkylation sites (tertiary alicyclic amines) is 1. The average molecular weight is 395 g/mol. The van der Waals surface area contributed by atoms with Gasteiger partial charge in [-0.1, -0.05) is 30.3 Å². The molecule has 3 heterocycles. The molecule has 1 fully saturated rings. The van der Waals surface area contributed by atoms with Crippen LogP contribution in [-0.2, 0) is 16.0 Å². The average Bonchev–Trinajstić information content (AvgIpc) is 3.45. The topological polar surface area (TPSA) is 75.4 Å². The number of furan rings is 1. The number of amides is 2. The standard InChI is InChI=1S/C21H21N3O3S/c25-19(12-16-14-28-21(22-16)18-8-5-11-27-18)23-17(15-6-2-1-3-7-15)13-24-10-4-9-20(24)26/h1-3,5-8,11,14,17H,4,9-10,12-13H2,(H,23,25)/t17-/m0/s1. The third-order valence-electron chi connectivity index (χ3n) is 4.74. The van der Waals surface area contributed by atoms with Gasteiger partial charge in [0.1, 0.15) is 0 Å². The number of hydrogen-bond donors (Lipinski definition) is 1. The number of nitrogens with one attached hydrogen (secondary N) is 1. The number of rotatable bonds is 7. The minimum atomic E-state index is -0.237.